The van der Waals surface area contributed by atoms with Gasteiger partial charge in [-0.25, -0.2) is 14.8 Å². The predicted molar refractivity (Wildman–Crippen MR) is 95.0 cm³/mol. The Morgan fingerprint density at radius 3 is 2.79 bits per heavy atom. The van der Waals surface area contributed by atoms with Crippen LogP contribution in [-0.4, -0.2) is 22.5 Å². The van der Waals surface area contributed by atoms with Crippen molar-refractivity contribution >= 4 is 40.0 Å². The number of rotatable bonds is 4. The van der Waals surface area contributed by atoms with Gasteiger partial charge in [0.25, 0.3) is 0 Å². The van der Waals surface area contributed by atoms with Crippen LogP contribution in [0.3, 0.4) is 0 Å². The Morgan fingerprint density at radius 1 is 1.21 bits per heavy atom. The number of para-hydroxylation sites is 1. The van der Waals surface area contributed by atoms with Gasteiger partial charge in [0.2, 0.25) is 5.82 Å². The van der Waals surface area contributed by atoms with Crippen LogP contribution in [0, 0.1) is 6.92 Å². The molecule has 0 fully saturated rings. The standard InChI is InChI=1S/C18H16ClN3O2/c1-3-24-18(23)17-20-14-7-5-4-6-13(14)16(22-17)21-15-10-12(19)9-8-11(15)2/h4-10H,3H2,1-2H3,(H,20,21,22). The number of anilines is 2. The van der Waals surface area contributed by atoms with Gasteiger partial charge in [-0.3, -0.25) is 0 Å². The molecular formula is C18H16ClN3O2. The molecule has 0 amide bonds. The molecular weight excluding hydrogens is 326 g/mol. The van der Waals surface area contributed by atoms with Crippen molar-refractivity contribution in [3.8, 4) is 0 Å². The van der Waals surface area contributed by atoms with E-state index >= 15 is 0 Å². The summed E-state index contributed by atoms with van der Waals surface area (Å²) in [6.45, 7) is 3.98. The first kappa shape index (κ1) is 16.2. The third-order valence-electron chi connectivity index (χ3n) is 3.51. The lowest BCUT2D eigenvalue weighted by atomic mass is 10.2. The zero-order valence-corrected chi connectivity index (χ0v) is 14.1. The summed E-state index contributed by atoms with van der Waals surface area (Å²) in [7, 11) is 0. The monoisotopic (exact) mass is 341 g/mol. The first-order valence-corrected chi connectivity index (χ1v) is 7.93. The number of nitrogens with one attached hydrogen (secondary N) is 1. The van der Waals surface area contributed by atoms with Crippen molar-refractivity contribution in [1.29, 1.82) is 0 Å². The lowest BCUT2D eigenvalue weighted by Crippen LogP contribution is -2.11. The van der Waals surface area contributed by atoms with Crippen LogP contribution in [0.1, 0.15) is 23.1 Å². The van der Waals surface area contributed by atoms with Gasteiger partial charge >= 0.3 is 5.97 Å². The highest BCUT2D eigenvalue weighted by atomic mass is 35.5. The summed E-state index contributed by atoms with van der Waals surface area (Å²) in [4.78, 5) is 20.6. The zero-order valence-electron chi connectivity index (χ0n) is 13.3. The van der Waals surface area contributed by atoms with E-state index in [4.69, 9.17) is 16.3 Å². The quantitative estimate of drug-likeness (QED) is 0.707. The molecule has 0 saturated heterocycles. The van der Waals surface area contributed by atoms with Crippen LogP contribution in [-0.2, 0) is 4.74 Å². The number of nitrogens with zero attached hydrogens (tertiary/aromatic N) is 2. The topological polar surface area (TPSA) is 64.1 Å². The number of hydrogen-bond donors (Lipinski definition) is 1. The van der Waals surface area contributed by atoms with Crippen LogP contribution in [0.2, 0.25) is 5.02 Å². The van der Waals surface area contributed by atoms with Gasteiger partial charge in [-0.05, 0) is 43.7 Å². The number of aromatic nitrogens is 2. The first-order chi connectivity index (χ1) is 11.6. The maximum atomic E-state index is 12.0. The largest absolute Gasteiger partial charge is 0.460 e. The van der Waals surface area contributed by atoms with Gasteiger partial charge in [0.1, 0.15) is 5.82 Å². The van der Waals surface area contributed by atoms with Crippen molar-refractivity contribution in [2.24, 2.45) is 0 Å². The fourth-order valence-corrected chi connectivity index (χ4v) is 2.49. The molecule has 0 bridgehead atoms. The van der Waals surface area contributed by atoms with Crippen LogP contribution < -0.4 is 5.32 Å². The number of halogens is 1. The summed E-state index contributed by atoms with van der Waals surface area (Å²) in [6.07, 6.45) is 0. The average molecular weight is 342 g/mol. The highest BCUT2D eigenvalue weighted by Crippen LogP contribution is 2.27. The number of carbonyl (C=O) groups is 1. The smallest absolute Gasteiger partial charge is 0.376 e. The number of fused-ring (bicyclic) bond motifs is 1. The van der Waals surface area contributed by atoms with Crippen molar-refractivity contribution in [3.05, 3.63) is 58.9 Å². The highest BCUT2D eigenvalue weighted by molar-refractivity contribution is 6.30. The minimum atomic E-state index is -0.547. The Labute approximate surface area is 144 Å². The summed E-state index contributed by atoms with van der Waals surface area (Å²) in [5.74, 6) is 0.0147. The molecule has 0 unspecified atom stereocenters. The highest BCUT2D eigenvalue weighted by Gasteiger charge is 2.15. The average Bonchev–Trinajstić information content (AvgIpc) is 2.58. The Kier molecular flexibility index (Phi) is 4.62. The molecule has 5 nitrogen and oxygen atoms in total. The second-order valence-corrected chi connectivity index (χ2v) is 5.65. The molecule has 0 atom stereocenters. The summed E-state index contributed by atoms with van der Waals surface area (Å²) in [5.41, 5.74) is 2.50. The molecule has 0 spiro atoms. The summed E-state index contributed by atoms with van der Waals surface area (Å²) < 4.78 is 5.01. The van der Waals surface area contributed by atoms with E-state index < -0.39 is 5.97 Å². The Morgan fingerprint density at radius 2 is 2.00 bits per heavy atom. The molecule has 0 aliphatic carbocycles. The summed E-state index contributed by atoms with van der Waals surface area (Å²) >= 11 is 6.08. The van der Waals surface area contributed by atoms with Gasteiger partial charge in [-0.1, -0.05) is 29.8 Å². The summed E-state index contributed by atoms with van der Waals surface area (Å²) in [6, 6.07) is 13.0. The van der Waals surface area contributed by atoms with E-state index in [1.807, 2.05) is 49.4 Å². The fourth-order valence-electron chi connectivity index (χ4n) is 2.32. The Balaban J connectivity index is 2.11. The molecule has 0 aliphatic rings. The van der Waals surface area contributed by atoms with Gasteiger partial charge in [0.05, 0.1) is 12.1 Å². The minimum absolute atomic E-state index is 0.0257. The van der Waals surface area contributed by atoms with Crippen LogP contribution in [0.5, 0.6) is 0 Å². The van der Waals surface area contributed by atoms with Crippen LogP contribution in [0.15, 0.2) is 42.5 Å². The van der Waals surface area contributed by atoms with E-state index in [2.05, 4.69) is 15.3 Å². The lowest BCUT2D eigenvalue weighted by molar-refractivity contribution is 0.0512. The van der Waals surface area contributed by atoms with Crippen molar-refractivity contribution < 1.29 is 9.53 Å². The number of hydrogen-bond acceptors (Lipinski definition) is 5. The van der Waals surface area contributed by atoms with Crippen molar-refractivity contribution in [2.45, 2.75) is 13.8 Å². The first-order valence-electron chi connectivity index (χ1n) is 7.55. The predicted octanol–water partition coefficient (Wildman–Crippen LogP) is 4.51. The second kappa shape index (κ2) is 6.84. The fraction of sp³-hybridized carbons (Fsp3) is 0.167. The third kappa shape index (κ3) is 3.31. The maximum Gasteiger partial charge on any atom is 0.376 e. The molecule has 1 heterocycles. The zero-order chi connectivity index (χ0) is 17.1. The molecule has 3 rings (SSSR count). The molecule has 24 heavy (non-hydrogen) atoms. The second-order valence-electron chi connectivity index (χ2n) is 5.22. The van der Waals surface area contributed by atoms with E-state index in [1.54, 1.807) is 6.92 Å². The number of ether oxygens (including phenoxy) is 1. The maximum absolute atomic E-state index is 12.0. The van der Waals surface area contributed by atoms with Crippen molar-refractivity contribution in [3.63, 3.8) is 0 Å². The molecule has 1 N–H and O–H groups in total. The molecule has 0 aliphatic heterocycles. The SMILES string of the molecule is CCOC(=O)c1nc(Nc2cc(Cl)ccc2C)c2ccccc2n1. The molecule has 1 aromatic heterocycles. The molecule has 122 valence electrons. The van der Waals surface area contributed by atoms with Crippen molar-refractivity contribution in [2.75, 3.05) is 11.9 Å². The van der Waals surface area contributed by atoms with Gasteiger partial charge in [0, 0.05) is 16.1 Å². The number of aryl methyl sites for hydroxylation is 1. The minimum Gasteiger partial charge on any atom is -0.460 e. The molecule has 6 heteroatoms. The van der Waals surface area contributed by atoms with E-state index in [0.29, 0.717) is 16.4 Å². The Bertz CT molecular complexity index is 912. The van der Waals surface area contributed by atoms with Crippen LogP contribution in [0.4, 0.5) is 11.5 Å². The Hall–Kier alpha value is -2.66. The lowest BCUT2D eigenvalue weighted by Gasteiger charge is -2.12. The molecule has 0 saturated carbocycles. The molecule has 2 aromatic carbocycles. The number of carbonyl (C=O) groups excluding carboxylic acids is 1. The van der Waals surface area contributed by atoms with E-state index in [-0.39, 0.29) is 12.4 Å². The number of benzene rings is 2. The van der Waals surface area contributed by atoms with E-state index in [0.717, 1.165) is 16.6 Å². The van der Waals surface area contributed by atoms with Gasteiger partial charge in [0.15, 0.2) is 0 Å². The molecule has 0 radical (unpaired) electrons. The van der Waals surface area contributed by atoms with Crippen LogP contribution >= 0.6 is 11.6 Å². The summed E-state index contributed by atoms with van der Waals surface area (Å²) in [5, 5.41) is 4.68. The normalized spacial score (nSPS) is 10.6. The third-order valence-corrected chi connectivity index (χ3v) is 3.75. The molecule has 3 aromatic rings. The van der Waals surface area contributed by atoms with Crippen LogP contribution in [0.25, 0.3) is 10.9 Å². The van der Waals surface area contributed by atoms with E-state index in [9.17, 15) is 4.79 Å². The van der Waals surface area contributed by atoms with Gasteiger partial charge in [-0.15, -0.1) is 0 Å². The number of esters is 1. The van der Waals surface area contributed by atoms with Gasteiger partial charge < -0.3 is 10.1 Å². The van der Waals surface area contributed by atoms with Crippen molar-refractivity contribution in [1.82, 2.24) is 9.97 Å². The van der Waals surface area contributed by atoms with Gasteiger partial charge in [-0.2, -0.15) is 0 Å². The van der Waals surface area contributed by atoms with E-state index in [1.165, 1.54) is 0 Å².